The van der Waals surface area contributed by atoms with Gasteiger partial charge in [-0.1, -0.05) is 17.7 Å². The average Bonchev–Trinajstić information content (AvgIpc) is 3.29. The molecule has 4 rings (SSSR count). The second kappa shape index (κ2) is 7.61. The molecule has 138 valence electrons. The van der Waals surface area contributed by atoms with E-state index in [-0.39, 0.29) is 0 Å². The fourth-order valence-electron chi connectivity index (χ4n) is 2.68. The maximum atomic E-state index is 6.29. The number of aromatic amines is 1. The van der Waals surface area contributed by atoms with Crippen LogP contribution in [0.25, 0.3) is 22.2 Å². The summed E-state index contributed by atoms with van der Waals surface area (Å²) in [4.78, 5) is 15.0. The van der Waals surface area contributed by atoms with Crippen LogP contribution in [-0.4, -0.2) is 39.4 Å². The van der Waals surface area contributed by atoms with Crippen LogP contribution in [-0.2, 0) is 11.4 Å². The number of rotatable bonds is 6. The van der Waals surface area contributed by atoms with E-state index in [4.69, 9.17) is 16.4 Å². The molecule has 4 aromatic rings. The molecule has 9 heteroatoms. The molecule has 0 atom stereocenters. The molecule has 0 aliphatic rings. The van der Waals surface area contributed by atoms with Crippen LogP contribution >= 0.6 is 22.9 Å². The molecule has 0 radical (unpaired) electrons. The molecule has 3 heterocycles. The highest BCUT2D eigenvalue weighted by Gasteiger charge is 2.12. The quantitative estimate of drug-likeness (QED) is 0.465. The largest absolute Gasteiger partial charge is 0.314 e. The number of halogens is 1. The zero-order valence-corrected chi connectivity index (χ0v) is 16.3. The van der Waals surface area contributed by atoms with Crippen LogP contribution in [0.4, 0.5) is 10.9 Å². The number of nitrogens with one attached hydrogen (secondary N) is 2. The van der Waals surface area contributed by atoms with Gasteiger partial charge < -0.3 is 10.2 Å². The van der Waals surface area contributed by atoms with Crippen LogP contribution < -0.4 is 5.32 Å². The van der Waals surface area contributed by atoms with Gasteiger partial charge in [-0.15, -0.1) is 11.3 Å². The minimum atomic E-state index is 0.613. The van der Waals surface area contributed by atoms with E-state index in [1.165, 1.54) is 0 Å². The van der Waals surface area contributed by atoms with Crippen molar-refractivity contribution in [3.63, 3.8) is 0 Å². The van der Waals surface area contributed by atoms with Crippen molar-refractivity contribution < 1.29 is 4.84 Å². The summed E-state index contributed by atoms with van der Waals surface area (Å²) in [6.07, 6.45) is 3.56. The van der Waals surface area contributed by atoms with E-state index in [1.54, 1.807) is 29.7 Å². The van der Waals surface area contributed by atoms with Crippen molar-refractivity contribution in [2.45, 2.75) is 6.54 Å². The van der Waals surface area contributed by atoms with Gasteiger partial charge in [-0.2, -0.15) is 10.2 Å². The molecule has 27 heavy (non-hydrogen) atoms. The Labute approximate surface area is 164 Å². The van der Waals surface area contributed by atoms with Gasteiger partial charge in [0.25, 0.3) is 0 Å². The number of hydroxylamine groups is 2. The molecule has 3 aromatic heterocycles. The van der Waals surface area contributed by atoms with Crippen LogP contribution in [0.3, 0.4) is 0 Å². The minimum Gasteiger partial charge on any atom is -0.314 e. The summed E-state index contributed by atoms with van der Waals surface area (Å²) in [7, 11) is 3.51. The van der Waals surface area contributed by atoms with Crippen molar-refractivity contribution in [1.29, 1.82) is 0 Å². The van der Waals surface area contributed by atoms with E-state index >= 15 is 0 Å². The molecule has 2 N–H and O–H groups in total. The molecule has 0 saturated heterocycles. The fourth-order valence-corrected chi connectivity index (χ4v) is 3.76. The molecule has 1 aromatic carbocycles. The maximum Gasteiger partial charge on any atom is 0.188 e. The Morgan fingerprint density at radius 1 is 1.30 bits per heavy atom. The summed E-state index contributed by atoms with van der Waals surface area (Å²) in [6.45, 7) is 0.666. The van der Waals surface area contributed by atoms with E-state index in [2.05, 4.69) is 25.5 Å². The highest BCUT2D eigenvalue weighted by Crippen LogP contribution is 2.32. The van der Waals surface area contributed by atoms with Crippen molar-refractivity contribution in [3.05, 3.63) is 52.6 Å². The van der Waals surface area contributed by atoms with E-state index in [0.717, 1.165) is 32.2 Å². The van der Waals surface area contributed by atoms with Crippen LogP contribution in [0.1, 0.15) is 4.88 Å². The third kappa shape index (κ3) is 3.79. The Bertz CT molecular complexity index is 1080. The second-order valence-corrected chi connectivity index (χ2v) is 7.41. The number of hydrogen-bond acceptors (Lipinski definition) is 7. The maximum absolute atomic E-state index is 6.29. The normalized spacial score (nSPS) is 11.4. The summed E-state index contributed by atoms with van der Waals surface area (Å²) >= 11 is 7.84. The molecular formula is C18H17ClN6OS. The molecule has 0 fully saturated rings. The van der Waals surface area contributed by atoms with Crippen LogP contribution in [0, 0.1) is 0 Å². The van der Waals surface area contributed by atoms with Crippen LogP contribution in [0.5, 0.6) is 0 Å². The summed E-state index contributed by atoms with van der Waals surface area (Å²) in [5, 5.41) is 14.8. The van der Waals surface area contributed by atoms with Crippen molar-refractivity contribution >= 4 is 44.8 Å². The van der Waals surface area contributed by atoms with E-state index in [9.17, 15) is 0 Å². The lowest BCUT2D eigenvalue weighted by Gasteiger charge is -2.10. The third-order valence-corrected chi connectivity index (χ3v) is 5.27. The lowest BCUT2D eigenvalue weighted by molar-refractivity contribution is -0.116. The number of fused-ring (bicyclic) bond motifs is 1. The Hall–Kier alpha value is -2.52. The smallest absolute Gasteiger partial charge is 0.188 e. The third-order valence-electron chi connectivity index (χ3n) is 4.06. The molecule has 0 saturated carbocycles. The zero-order valence-electron chi connectivity index (χ0n) is 14.7. The van der Waals surface area contributed by atoms with Gasteiger partial charge in [-0.25, -0.2) is 4.98 Å². The number of anilines is 2. The minimum absolute atomic E-state index is 0.613. The molecule has 7 nitrogen and oxygen atoms in total. The summed E-state index contributed by atoms with van der Waals surface area (Å²) in [6, 6.07) is 9.60. The van der Waals surface area contributed by atoms with Gasteiger partial charge in [0.15, 0.2) is 10.9 Å². The van der Waals surface area contributed by atoms with Gasteiger partial charge in [-0.05, 0) is 24.3 Å². The number of pyridine rings is 1. The predicted molar refractivity (Wildman–Crippen MR) is 108 cm³/mol. The number of aromatic nitrogens is 4. The van der Waals surface area contributed by atoms with Crippen LogP contribution in [0.15, 0.2) is 42.7 Å². The van der Waals surface area contributed by atoms with Gasteiger partial charge in [0.2, 0.25) is 0 Å². The second-order valence-electron chi connectivity index (χ2n) is 5.89. The highest BCUT2D eigenvalue weighted by molar-refractivity contribution is 7.15. The van der Waals surface area contributed by atoms with Gasteiger partial charge in [-0.3, -0.25) is 10.1 Å². The van der Waals surface area contributed by atoms with E-state index in [1.807, 2.05) is 43.6 Å². The highest BCUT2D eigenvalue weighted by atomic mass is 35.5. The van der Waals surface area contributed by atoms with Crippen molar-refractivity contribution in [3.8, 4) is 11.3 Å². The summed E-state index contributed by atoms with van der Waals surface area (Å²) in [5.41, 5.74) is 2.59. The van der Waals surface area contributed by atoms with E-state index in [0.29, 0.717) is 17.4 Å². The molecule has 0 aliphatic heterocycles. The van der Waals surface area contributed by atoms with Crippen molar-refractivity contribution in [2.75, 3.05) is 19.5 Å². The van der Waals surface area contributed by atoms with Gasteiger partial charge in [0.1, 0.15) is 0 Å². The predicted octanol–water partition coefficient (Wildman–Crippen LogP) is 4.47. The Balaban J connectivity index is 1.63. The van der Waals surface area contributed by atoms with Gasteiger partial charge >= 0.3 is 0 Å². The number of thiazole rings is 1. The molecule has 0 amide bonds. The first-order chi connectivity index (χ1) is 13.1. The van der Waals surface area contributed by atoms with Gasteiger partial charge in [0, 0.05) is 35.3 Å². The Kier molecular flexibility index (Phi) is 5.04. The topological polar surface area (TPSA) is 79.0 Å². The van der Waals surface area contributed by atoms with Crippen molar-refractivity contribution in [2.24, 2.45) is 0 Å². The number of hydrogen-bond donors (Lipinski definition) is 2. The molecule has 0 aliphatic carbocycles. The zero-order chi connectivity index (χ0) is 18.8. The molecule has 0 unspecified atom stereocenters. The number of H-pyrrole nitrogens is 1. The first kappa shape index (κ1) is 17.9. The Morgan fingerprint density at radius 2 is 2.19 bits per heavy atom. The first-order valence-corrected chi connectivity index (χ1v) is 9.39. The average molecular weight is 401 g/mol. The number of nitrogens with zero attached hydrogens (tertiary/aromatic N) is 4. The summed E-state index contributed by atoms with van der Waals surface area (Å²) in [5.74, 6) is 0.708. The monoisotopic (exact) mass is 400 g/mol. The standard InChI is InChI=1S/C18H17ClN6OS/c1-25(26-2)10-12-9-21-18(27-12)22-17-13-8-11(5-6-15(13)23-24-17)16-14(19)4-3-7-20-16/h3-9H,10H2,1-2H3,(H2,21,22,23,24). The first-order valence-electron chi connectivity index (χ1n) is 8.20. The van der Waals surface area contributed by atoms with Gasteiger partial charge in [0.05, 0.1) is 29.9 Å². The fraction of sp³-hybridized carbons (Fsp3) is 0.167. The number of benzene rings is 1. The Morgan fingerprint density at radius 3 is 3.00 bits per heavy atom. The van der Waals surface area contributed by atoms with E-state index < -0.39 is 0 Å². The SMILES string of the molecule is CON(C)Cc1cnc(Nc2n[nH]c3ccc(-c4ncccc4Cl)cc23)s1. The summed E-state index contributed by atoms with van der Waals surface area (Å²) < 4.78 is 0. The lowest BCUT2D eigenvalue weighted by Crippen LogP contribution is -2.14. The molecule has 0 spiro atoms. The molecular weight excluding hydrogens is 384 g/mol. The lowest BCUT2D eigenvalue weighted by atomic mass is 10.1. The van der Waals surface area contributed by atoms with Crippen molar-refractivity contribution in [1.82, 2.24) is 25.2 Å². The molecule has 0 bridgehead atoms. The van der Waals surface area contributed by atoms with Crippen LogP contribution in [0.2, 0.25) is 5.02 Å².